The molecule has 0 aliphatic carbocycles. The standard InChI is InChI=1S/C19H25N3O4/c23-17(24)12-14-5-7-16(8-6-14)20-18(25)15-4-3-11-22(13-15)19(26)21-9-1-2-10-21/h5-8,15H,1-4,9-13H2,(H,20,25)(H,23,24). The summed E-state index contributed by atoms with van der Waals surface area (Å²) in [6.45, 7) is 2.80. The van der Waals surface area contributed by atoms with Crippen molar-refractivity contribution in [3.63, 3.8) is 0 Å². The van der Waals surface area contributed by atoms with E-state index in [2.05, 4.69) is 5.32 Å². The van der Waals surface area contributed by atoms with Gasteiger partial charge >= 0.3 is 12.0 Å². The number of carbonyl (C=O) groups excluding carboxylic acids is 2. The molecule has 2 saturated heterocycles. The van der Waals surface area contributed by atoms with E-state index in [1.165, 1.54) is 0 Å². The van der Waals surface area contributed by atoms with E-state index in [0.29, 0.717) is 24.3 Å². The Morgan fingerprint density at radius 3 is 2.31 bits per heavy atom. The summed E-state index contributed by atoms with van der Waals surface area (Å²) in [4.78, 5) is 39.5. The molecule has 2 N–H and O–H groups in total. The van der Waals surface area contributed by atoms with Gasteiger partial charge in [-0.3, -0.25) is 9.59 Å². The lowest BCUT2D eigenvalue weighted by atomic mass is 9.97. The third kappa shape index (κ3) is 4.53. The molecule has 3 rings (SSSR count). The first-order chi connectivity index (χ1) is 12.5. The molecule has 2 fully saturated rings. The Bertz CT molecular complexity index is 668. The highest BCUT2D eigenvalue weighted by atomic mass is 16.4. The molecule has 2 aliphatic rings. The molecular weight excluding hydrogens is 334 g/mol. The van der Waals surface area contributed by atoms with Crippen LogP contribution in [-0.2, 0) is 16.0 Å². The number of rotatable bonds is 4. The number of benzene rings is 1. The number of carboxylic acids is 1. The molecule has 0 saturated carbocycles. The topological polar surface area (TPSA) is 90.0 Å². The van der Waals surface area contributed by atoms with E-state index in [9.17, 15) is 14.4 Å². The van der Waals surface area contributed by atoms with E-state index in [-0.39, 0.29) is 24.3 Å². The number of piperidine rings is 1. The van der Waals surface area contributed by atoms with Gasteiger partial charge in [0.15, 0.2) is 0 Å². The van der Waals surface area contributed by atoms with Crippen molar-refractivity contribution in [2.45, 2.75) is 32.1 Å². The van der Waals surface area contributed by atoms with Gasteiger partial charge in [-0.25, -0.2) is 4.79 Å². The maximum Gasteiger partial charge on any atom is 0.320 e. The number of nitrogens with zero attached hydrogens (tertiary/aromatic N) is 2. The van der Waals surface area contributed by atoms with Crippen LogP contribution in [0.15, 0.2) is 24.3 Å². The second-order valence-corrected chi connectivity index (χ2v) is 7.02. The number of aliphatic carboxylic acids is 1. The minimum atomic E-state index is -0.883. The SMILES string of the molecule is O=C(O)Cc1ccc(NC(=O)C2CCCN(C(=O)N3CCCC3)C2)cc1. The molecular formula is C19H25N3O4. The Balaban J connectivity index is 1.55. The predicted molar refractivity (Wildman–Crippen MR) is 96.9 cm³/mol. The van der Waals surface area contributed by atoms with Gasteiger partial charge in [-0.15, -0.1) is 0 Å². The summed E-state index contributed by atoms with van der Waals surface area (Å²) in [5, 5.41) is 11.7. The van der Waals surface area contributed by atoms with Crippen LogP contribution in [0.5, 0.6) is 0 Å². The fraction of sp³-hybridized carbons (Fsp3) is 0.526. The van der Waals surface area contributed by atoms with E-state index in [1.54, 1.807) is 29.2 Å². The largest absolute Gasteiger partial charge is 0.481 e. The third-order valence-corrected chi connectivity index (χ3v) is 5.02. The summed E-state index contributed by atoms with van der Waals surface area (Å²) >= 11 is 0. The zero-order valence-electron chi connectivity index (χ0n) is 14.8. The predicted octanol–water partition coefficient (Wildman–Crippen LogP) is 2.18. The normalized spacial score (nSPS) is 20.1. The van der Waals surface area contributed by atoms with E-state index >= 15 is 0 Å². The van der Waals surface area contributed by atoms with Crippen LogP contribution in [0.1, 0.15) is 31.2 Å². The van der Waals surface area contributed by atoms with Crippen LogP contribution in [0.25, 0.3) is 0 Å². The van der Waals surface area contributed by atoms with Gasteiger partial charge in [0.1, 0.15) is 0 Å². The molecule has 0 spiro atoms. The van der Waals surface area contributed by atoms with Gasteiger partial charge in [0.25, 0.3) is 0 Å². The van der Waals surface area contributed by atoms with Crippen molar-refractivity contribution in [3.8, 4) is 0 Å². The number of hydrogen-bond acceptors (Lipinski definition) is 3. The zero-order valence-corrected chi connectivity index (χ0v) is 14.8. The molecule has 0 radical (unpaired) electrons. The number of carbonyl (C=O) groups is 3. The quantitative estimate of drug-likeness (QED) is 0.862. The van der Waals surface area contributed by atoms with E-state index in [0.717, 1.165) is 38.8 Å². The Hall–Kier alpha value is -2.57. The maximum absolute atomic E-state index is 12.6. The number of urea groups is 1. The number of amides is 3. The molecule has 140 valence electrons. The number of likely N-dealkylation sites (tertiary alicyclic amines) is 2. The number of hydrogen-bond donors (Lipinski definition) is 2. The van der Waals surface area contributed by atoms with Crippen molar-refractivity contribution < 1.29 is 19.5 Å². The summed E-state index contributed by atoms with van der Waals surface area (Å²) in [7, 11) is 0. The Morgan fingerprint density at radius 2 is 1.65 bits per heavy atom. The molecule has 2 heterocycles. The van der Waals surface area contributed by atoms with Crippen LogP contribution in [0, 0.1) is 5.92 Å². The van der Waals surface area contributed by atoms with Crippen LogP contribution in [0.3, 0.4) is 0 Å². The fourth-order valence-electron chi connectivity index (χ4n) is 3.60. The van der Waals surface area contributed by atoms with Gasteiger partial charge < -0.3 is 20.2 Å². The van der Waals surface area contributed by atoms with Gasteiger partial charge in [-0.05, 0) is 43.4 Å². The van der Waals surface area contributed by atoms with Crippen molar-refractivity contribution in [1.29, 1.82) is 0 Å². The van der Waals surface area contributed by atoms with E-state index < -0.39 is 5.97 Å². The van der Waals surface area contributed by atoms with E-state index in [4.69, 9.17) is 5.11 Å². The average Bonchev–Trinajstić information content (AvgIpc) is 3.17. The van der Waals surface area contributed by atoms with Crippen molar-refractivity contribution in [2.75, 3.05) is 31.5 Å². The van der Waals surface area contributed by atoms with Gasteiger partial charge in [0.2, 0.25) is 5.91 Å². The molecule has 0 bridgehead atoms. The molecule has 26 heavy (non-hydrogen) atoms. The Kier molecular flexibility index (Phi) is 5.75. The summed E-state index contributed by atoms with van der Waals surface area (Å²) < 4.78 is 0. The second-order valence-electron chi connectivity index (χ2n) is 7.02. The second kappa shape index (κ2) is 8.21. The van der Waals surface area contributed by atoms with Crippen LogP contribution in [0.4, 0.5) is 10.5 Å². The maximum atomic E-state index is 12.6. The molecule has 2 aliphatic heterocycles. The molecule has 0 aromatic heterocycles. The van der Waals surface area contributed by atoms with Crippen molar-refractivity contribution in [2.24, 2.45) is 5.92 Å². The van der Waals surface area contributed by atoms with E-state index in [1.807, 2.05) is 4.90 Å². The van der Waals surface area contributed by atoms with Crippen LogP contribution >= 0.6 is 0 Å². The summed E-state index contributed by atoms with van der Waals surface area (Å²) in [6, 6.07) is 6.89. The van der Waals surface area contributed by atoms with Gasteiger partial charge in [0, 0.05) is 31.9 Å². The highest BCUT2D eigenvalue weighted by molar-refractivity contribution is 5.93. The van der Waals surface area contributed by atoms with Crippen molar-refractivity contribution in [1.82, 2.24) is 9.80 Å². The van der Waals surface area contributed by atoms with Gasteiger partial charge in [-0.1, -0.05) is 12.1 Å². The minimum absolute atomic E-state index is 0.0373. The summed E-state index contributed by atoms with van der Waals surface area (Å²) in [5.74, 6) is -1.18. The molecule has 1 aromatic rings. The summed E-state index contributed by atoms with van der Waals surface area (Å²) in [6.07, 6.45) is 3.68. The first-order valence-electron chi connectivity index (χ1n) is 9.18. The van der Waals surface area contributed by atoms with Crippen molar-refractivity contribution >= 4 is 23.6 Å². The number of anilines is 1. The zero-order chi connectivity index (χ0) is 18.5. The lowest BCUT2D eigenvalue weighted by Gasteiger charge is -2.34. The molecule has 3 amide bonds. The monoisotopic (exact) mass is 359 g/mol. The number of nitrogens with one attached hydrogen (secondary N) is 1. The highest BCUT2D eigenvalue weighted by Gasteiger charge is 2.31. The lowest BCUT2D eigenvalue weighted by molar-refractivity contribution is -0.136. The lowest BCUT2D eigenvalue weighted by Crippen LogP contribution is -2.48. The first kappa shape index (κ1) is 18.2. The molecule has 1 unspecified atom stereocenters. The smallest absolute Gasteiger partial charge is 0.320 e. The molecule has 7 heteroatoms. The molecule has 1 aromatic carbocycles. The van der Waals surface area contributed by atoms with Crippen LogP contribution in [-0.4, -0.2) is 59.0 Å². The van der Waals surface area contributed by atoms with Gasteiger partial charge in [0.05, 0.1) is 12.3 Å². The number of carboxylic acid groups (broad SMARTS) is 1. The highest BCUT2D eigenvalue weighted by Crippen LogP contribution is 2.21. The average molecular weight is 359 g/mol. The third-order valence-electron chi connectivity index (χ3n) is 5.02. The van der Waals surface area contributed by atoms with Crippen LogP contribution in [0.2, 0.25) is 0 Å². The van der Waals surface area contributed by atoms with Gasteiger partial charge in [-0.2, -0.15) is 0 Å². The Labute approximate surface area is 153 Å². The Morgan fingerprint density at radius 1 is 1.00 bits per heavy atom. The molecule has 7 nitrogen and oxygen atoms in total. The first-order valence-corrected chi connectivity index (χ1v) is 9.18. The minimum Gasteiger partial charge on any atom is -0.481 e. The van der Waals surface area contributed by atoms with Crippen LogP contribution < -0.4 is 5.32 Å². The fourth-order valence-corrected chi connectivity index (χ4v) is 3.60. The summed E-state index contributed by atoms with van der Waals surface area (Å²) in [5.41, 5.74) is 1.34. The van der Waals surface area contributed by atoms with Crippen molar-refractivity contribution in [3.05, 3.63) is 29.8 Å². The molecule has 1 atom stereocenters.